The standard InChI is InChI=1S/C17H12Cl2N2O5/c18-13-2-1-3-14(16(13)19)20-9-10(8-15(20)22)17(23)26-12-6-4-11(5-7-12)21(24)25/h1-7,10H,8-9H2/t10-/m0/s1. The maximum atomic E-state index is 12.3. The Morgan fingerprint density at radius 1 is 1.19 bits per heavy atom. The molecule has 0 unspecified atom stereocenters. The van der Waals surface area contributed by atoms with Crippen molar-refractivity contribution in [3.63, 3.8) is 0 Å². The molecule has 0 aromatic heterocycles. The second-order valence-electron chi connectivity index (χ2n) is 5.65. The molecule has 0 N–H and O–H groups in total. The molecular weight excluding hydrogens is 383 g/mol. The lowest BCUT2D eigenvalue weighted by molar-refractivity contribution is -0.384. The number of hydrogen-bond donors (Lipinski definition) is 0. The number of non-ortho nitro benzene ring substituents is 1. The van der Waals surface area contributed by atoms with Gasteiger partial charge in [0.05, 0.1) is 26.6 Å². The number of carbonyl (C=O) groups excluding carboxylic acids is 2. The van der Waals surface area contributed by atoms with Gasteiger partial charge >= 0.3 is 5.97 Å². The topological polar surface area (TPSA) is 89.7 Å². The van der Waals surface area contributed by atoms with E-state index in [9.17, 15) is 19.7 Å². The monoisotopic (exact) mass is 394 g/mol. The molecule has 1 heterocycles. The zero-order chi connectivity index (χ0) is 18.8. The van der Waals surface area contributed by atoms with Gasteiger partial charge in [0.2, 0.25) is 5.91 Å². The van der Waals surface area contributed by atoms with Gasteiger partial charge < -0.3 is 9.64 Å². The minimum atomic E-state index is -0.673. The predicted molar refractivity (Wildman–Crippen MR) is 95.7 cm³/mol. The third-order valence-electron chi connectivity index (χ3n) is 3.95. The first kappa shape index (κ1) is 18.2. The average Bonchev–Trinajstić information content (AvgIpc) is 2.99. The minimum Gasteiger partial charge on any atom is -0.426 e. The Kier molecular flexibility index (Phi) is 5.11. The number of amides is 1. The van der Waals surface area contributed by atoms with Crippen LogP contribution in [0.4, 0.5) is 11.4 Å². The van der Waals surface area contributed by atoms with Gasteiger partial charge in [0, 0.05) is 25.1 Å². The van der Waals surface area contributed by atoms with Crippen molar-refractivity contribution < 1.29 is 19.2 Å². The number of halogens is 2. The third-order valence-corrected chi connectivity index (χ3v) is 4.76. The van der Waals surface area contributed by atoms with Crippen LogP contribution >= 0.6 is 23.2 Å². The Hall–Kier alpha value is -2.64. The fourth-order valence-electron chi connectivity index (χ4n) is 2.63. The first-order valence-electron chi connectivity index (χ1n) is 7.57. The fraction of sp³-hybridized carbons (Fsp3) is 0.176. The number of carbonyl (C=O) groups is 2. The summed E-state index contributed by atoms with van der Waals surface area (Å²) >= 11 is 12.1. The Bertz CT molecular complexity index is 885. The van der Waals surface area contributed by atoms with E-state index in [1.807, 2.05) is 0 Å². The molecule has 2 aromatic carbocycles. The lowest BCUT2D eigenvalue weighted by Gasteiger charge is -2.18. The zero-order valence-electron chi connectivity index (χ0n) is 13.2. The van der Waals surface area contributed by atoms with Crippen LogP contribution in [0, 0.1) is 16.0 Å². The summed E-state index contributed by atoms with van der Waals surface area (Å²) in [5, 5.41) is 11.2. The molecule has 1 amide bonds. The lowest BCUT2D eigenvalue weighted by Crippen LogP contribution is -2.27. The summed E-state index contributed by atoms with van der Waals surface area (Å²) in [7, 11) is 0. The molecule has 1 aliphatic rings. The summed E-state index contributed by atoms with van der Waals surface area (Å²) in [5.74, 6) is -1.35. The molecule has 0 bridgehead atoms. The number of hydrogen-bond acceptors (Lipinski definition) is 5. The largest absolute Gasteiger partial charge is 0.426 e. The summed E-state index contributed by atoms with van der Waals surface area (Å²) in [5.41, 5.74) is 0.331. The predicted octanol–water partition coefficient (Wildman–Crippen LogP) is 3.86. The summed E-state index contributed by atoms with van der Waals surface area (Å²) in [6.45, 7) is 0.116. The number of esters is 1. The normalized spacial score (nSPS) is 16.6. The molecule has 3 rings (SSSR count). The second-order valence-corrected chi connectivity index (χ2v) is 6.44. The molecule has 1 aliphatic heterocycles. The van der Waals surface area contributed by atoms with Crippen molar-refractivity contribution >= 4 is 46.5 Å². The molecule has 1 fully saturated rings. The van der Waals surface area contributed by atoms with E-state index in [4.69, 9.17) is 27.9 Å². The zero-order valence-corrected chi connectivity index (χ0v) is 14.7. The van der Waals surface area contributed by atoms with Crippen LogP contribution in [0.2, 0.25) is 10.0 Å². The maximum absolute atomic E-state index is 12.3. The van der Waals surface area contributed by atoms with Crippen molar-refractivity contribution in [2.45, 2.75) is 6.42 Å². The van der Waals surface area contributed by atoms with Crippen molar-refractivity contribution in [1.82, 2.24) is 0 Å². The van der Waals surface area contributed by atoms with Crippen molar-refractivity contribution in [2.75, 3.05) is 11.4 Å². The van der Waals surface area contributed by atoms with Crippen LogP contribution in [0.1, 0.15) is 6.42 Å². The first-order valence-corrected chi connectivity index (χ1v) is 8.33. The fourth-order valence-corrected chi connectivity index (χ4v) is 3.03. The van der Waals surface area contributed by atoms with Crippen LogP contribution < -0.4 is 9.64 Å². The van der Waals surface area contributed by atoms with Crippen LogP contribution in [0.5, 0.6) is 5.75 Å². The van der Waals surface area contributed by atoms with Crippen LogP contribution in [0.15, 0.2) is 42.5 Å². The van der Waals surface area contributed by atoms with Gasteiger partial charge in [-0.15, -0.1) is 0 Å². The van der Waals surface area contributed by atoms with E-state index in [1.165, 1.54) is 29.2 Å². The molecule has 1 saturated heterocycles. The summed E-state index contributed by atoms with van der Waals surface area (Å²) in [6.07, 6.45) is -0.0192. The highest BCUT2D eigenvalue weighted by Crippen LogP contribution is 2.36. The van der Waals surface area contributed by atoms with Gasteiger partial charge in [0.1, 0.15) is 5.75 Å². The number of ether oxygens (including phenoxy) is 1. The van der Waals surface area contributed by atoms with Crippen molar-refractivity contribution in [1.29, 1.82) is 0 Å². The van der Waals surface area contributed by atoms with E-state index in [1.54, 1.807) is 18.2 Å². The van der Waals surface area contributed by atoms with E-state index >= 15 is 0 Å². The second kappa shape index (κ2) is 7.31. The Labute approximate surface area is 158 Å². The molecule has 9 heteroatoms. The number of benzene rings is 2. The van der Waals surface area contributed by atoms with E-state index in [-0.39, 0.29) is 35.3 Å². The molecule has 0 spiro atoms. The van der Waals surface area contributed by atoms with Crippen LogP contribution in [-0.2, 0) is 9.59 Å². The van der Waals surface area contributed by atoms with Crippen molar-refractivity contribution in [2.24, 2.45) is 5.92 Å². The highest BCUT2D eigenvalue weighted by atomic mass is 35.5. The molecule has 1 atom stereocenters. The molecule has 0 saturated carbocycles. The first-order chi connectivity index (χ1) is 12.4. The van der Waals surface area contributed by atoms with Crippen molar-refractivity contribution in [3.05, 3.63) is 62.6 Å². The molecule has 0 radical (unpaired) electrons. The molecular formula is C17H12Cl2N2O5. The third kappa shape index (κ3) is 3.63. The number of anilines is 1. The van der Waals surface area contributed by atoms with Crippen molar-refractivity contribution in [3.8, 4) is 5.75 Å². The quantitative estimate of drug-likeness (QED) is 0.339. The highest BCUT2D eigenvalue weighted by Gasteiger charge is 2.37. The summed E-state index contributed by atoms with van der Waals surface area (Å²) < 4.78 is 5.22. The highest BCUT2D eigenvalue weighted by molar-refractivity contribution is 6.44. The van der Waals surface area contributed by atoms with Gasteiger partial charge in [-0.05, 0) is 24.3 Å². The van der Waals surface area contributed by atoms with Crippen LogP contribution in [0.25, 0.3) is 0 Å². The molecule has 0 aliphatic carbocycles. The minimum absolute atomic E-state index is 0.0192. The van der Waals surface area contributed by atoms with E-state index < -0.39 is 16.8 Å². The maximum Gasteiger partial charge on any atom is 0.316 e. The van der Waals surface area contributed by atoms with Gasteiger partial charge in [-0.3, -0.25) is 19.7 Å². The molecule has 2 aromatic rings. The van der Waals surface area contributed by atoms with Gasteiger partial charge in [0.25, 0.3) is 5.69 Å². The summed E-state index contributed by atoms with van der Waals surface area (Å²) in [4.78, 5) is 36.1. The lowest BCUT2D eigenvalue weighted by atomic mass is 10.1. The Morgan fingerprint density at radius 3 is 2.54 bits per heavy atom. The van der Waals surface area contributed by atoms with Crippen LogP contribution in [-0.4, -0.2) is 23.3 Å². The van der Waals surface area contributed by atoms with Gasteiger partial charge in [-0.1, -0.05) is 29.3 Å². The number of nitrogens with zero attached hydrogens (tertiary/aromatic N) is 2. The van der Waals surface area contributed by atoms with E-state index in [0.29, 0.717) is 10.7 Å². The Morgan fingerprint density at radius 2 is 1.88 bits per heavy atom. The van der Waals surface area contributed by atoms with Gasteiger partial charge in [-0.2, -0.15) is 0 Å². The Balaban J connectivity index is 1.71. The molecule has 7 nitrogen and oxygen atoms in total. The van der Waals surface area contributed by atoms with E-state index in [2.05, 4.69) is 0 Å². The number of nitro benzene ring substituents is 1. The van der Waals surface area contributed by atoms with Gasteiger partial charge in [-0.25, -0.2) is 0 Å². The molecule has 134 valence electrons. The summed E-state index contributed by atoms with van der Waals surface area (Å²) in [6, 6.07) is 10.1. The smallest absolute Gasteiger partial charge is 0.316 e. The number of nitro groups is 1. The SMILES string of the molecule is O=C(Oc1ccc([N+](=O)[O-])cc1)[C@H]1CC(=O)N(c2cccc(Cl)c2Cl)C1. The van der Waals surface area contributed by atoms with E-state index in [0.717, 1.165) is 0 Å². The molecule has 26 heavy (non-hydrogen) atoms. The average molecular weight is 395 g/mol. The van der Waals surface area contributed by atoms with Gasteiger partial charge in [0.15, 0.2) is 0 Å². The van der Waals surface area contributed by atoms with Crippen LogP contribution in [0.3, 0.4) is 0 Å². The number of rotatable bonds is 4.